The lowest BCUT2D eigenvalue weighted by atomic mass is 9.83. The van der Waals surface area contributed by atoms with E-state index >= 15 is 0 Å². The van der Waals surface area contributed by atoms with Crippen molar-refractivity contribution in [1.29, 1.82) is 0 Å². The predicted octanol–water partition coefficient (Wildman–Crippen LogP) is 3.87. The Morgan fingerprint density at radius 2 is 1.60 bits per heavy atom. The molecule has 1 aliphatic rings. The van der Waals surface area contributed by atoms with E-state index in [1.165, 1.54) is 12.1 Å². The van der Waals surface area contributed by atoms with E-state index in [1.54, 1.807) is 0 Å². The number of allylic oxidation sites excluding steroid dienone is 4. The van der Waals surface area contributed by atoms with Gasteiger partial charge in [0.15, 0.2) is 0 Å². The van der Waals surface area contributed by atoms with Crippen molar-refractivity contribution in [2.75, 3.05) is 0 Å². The highest BCUT2D eigenvalue weighted by Crippen LogP contribution is 2.35. The van der Waals surface area contributed by atoms with Gasteiger partial charge in [-0.25, -0.2) is 0 Å². The van der Waals surface area contributed by atoms with E-state index < -0.39 is 9.85 Å². The number of hydrogen-bond donors (Lipinski definition) is 0. The molecule has 0 aromatic heterocycles. The number of hydrogen-bond acceptors (Lipinski definition) is 4. The highest BCUT2D eigenvalue weighted by Gasteiger charge is 2.21. The Labute approximate surface area is 115 Å². The molecule has 0 aliphatic heterocycles. The Morgan fingerprint density at radius 1 is 1.05 bits per heavy atom. The molecular weight excluding hydrogens is 260 g/mol. The van der Waals surface area contributed by atoms with Crippen molar-refractivity contribution in [2.45, 2.75) is 20.3 Å². The van der Waals surface area contributed by atoms with Crippen LogP contribution in [0.4, 0.5) is 11.4 Å². The molecule has 0 atom stereocenters. The lowest BCUT2D eigenvalue weighted by molar-refractivity contribution is -0.394. The van der Waals surface area contributed by atoms with E-state index in [0.717, 1.165) is 11.6 Å². The Kier molecular flexibility index (Phi) is 3.40. The maximum atomic E-state index is 10.9. The Bertz CT molecular complexity index is 612. The average molecular weight is 274 g/mol. The van der Waals surface area contributed by atoms with E-state index in [2.05, 4.69) is 0 Å². The lowest BCUT2D eigenvalue weighted by Crippen LogP contribution is -2.07. The second-order valence-electron chi connectivity index (χ2n) is 5.35. The van der Waals surface area contributed by atoms with Crippen molar-refractivity contribution < 1.29 is 9.85 Å². The van der Waals surface area contributed by atoms with Crippen LogP contribution in [-0.4, -0.2) is 9.85 Å². The van der Waals surface area contributed by atoms with Crippen LogP contribution in [0.25, 0.3) is 5.57 Å². The van der Waals surface area contributed by atoms with Crippen LogP contribution in [0.5, 0.6) is 0 Å². The summed E-state index contributed by atoms with van der Waals surface area (Å²) in [5.41, 5.74) is 0.713. The highest BCUT2D eigenvalue weighted by atomic mass is 16.6. The zero-order valence-electron chi connectivity index (χ0n) is 11.2. The fourth-order valence-corrected chi connectivity index (χ4v) is 2.24. The van der Waals surface area contributed by atoms with Crippen molar-refractivity contribution >= 4 is 16.9 Å². The molecule has 2 rings (SSSR count). The van der Waals surface area contributed by atoms with Crippen LogP contribution in [0, 0.1) is 25.6 Å². The van der Waals surface area contributed by atoms with E-state index in [0.29, 0.717) is 12.0 Å². The first-order valence-corrected chi connectivity index (χ1v) is 6.12. The van der Waals surface area contributed by atoms with Gasteiger partial charge in [-0.1, -0.05) is 32.1 Å². The standard InChI is InChI=1S/C14H14N2O4/c1-14(2)5-3-4-10(9-14)11-6-12(15(17)18)8-13(7-11)16(19)20/h3,5-9H,4H2,1-2H3. The number of rotatable bonds is 3. The fourth-order valence-electron chi connectivity index (χ4n) is 2.24. The van der Waals surface area contributed by atoms with Crippen molar-refractivity contribution in [2.24, 2.45) is 5.41 Å². The predicted molar refractivity (Wildman–Crippen MR) is 75.3 cm³/mol. The summed E-state index contributed by atoms with van der Waals surface area (Å²) in [4.78, 5) is 20.6. The summed E-state index contributed by atoms with van der Waals surface area (Å²) >= 11 is 0. The van der Waals surface area contributed by atoms with Crippen molar-refractivity contribution in [1.82, 2.24) is 0 Å². The smallest absolute Gasteiger partial charge is 0.258 e. The normalized spacial score (nSPS) is 16.6. The van der Waals surface area contributed by atoms with E-state index in [-0.39, 0.29) is 16.8 Å². The Hall–Kier alpha value is -2.50. The topological polar surface area (TPSA) is 86.3 Å². The molecule has 1 aliphatic carbocycles. The van der Waals surface area contributed by atoms with Gasteiger partial charge in [-0.2, -0.15) is 0 Å². The third-order valence-corrected chi connectivity index (χ3v) is 3.13. The molecule has 104 valence electrons. The zero-order valence-corrected chi connectivity index (χ0v) is 11.2. The van der Waals surface area contributed by atoms with Crippen LogP contribution in [0.2, 0.25) is 0 Å². The van der Waals surface area contributed by atoms with Crippen molar-refractivity contribution in [3.63, 3.8) is 0 Å². The summed E-state index contributed by atoms with van der Waals surface area (Å²) in [6.45, 7) is 4.02. The SMILES string of the molecule is CC1(C)C=CCC(c2cc([N+](=O)[O-])cc([N+](=O)[O-])c2)=C1. The van der Waals surface area contributed by atoms with Crippen LogP contribution in [0.3, 0.4) is 0 Å². The summed E-state index contributed by atoms with van der Waals surface area (Å²) in [6, 6.07) is 3.75. The first-order chi connectivity index (χ1) is 9.28. The monoisotopic (exact) mass is 274 g/mol. The third-order valence-electron chi connectivity index (χ3n) is 3.13. The Morgan fingerprint density at radius 3 is 2.05 bits per heavy atom. The minimum atomic E-state index is -0.610. The number of benzene rings is 1. The van der Waals surface area contributed by atoms with Gasteiger partial charge in [0.05, 0.1) is 15.9 Å². The first-order valence-electron chi connectivity index (χ1n) is 6.12. The molecule has 1 aromatic carbocycles. The maximum absolute atomic E-state index is 10.9. The first kappa shape index (κ1) is 13.9. The minimum absolute atomic E-state index is 0.160. The summed E-state index contributed by atoms with van der Waals surface area (Å²) in [5.74, 6) is 0. The van der Waals surface area contributed by atoms with Gasteiger partial charge in [-0.05, 0) is 17.6 Å². The van der Waals surface area contributed by atoms with Crippen molar-refractivity contribution in [3.05, 3.63) is 62.2 Å². The molecule has 0 bridgehead atoms. The van der Waals surface area contributed by atoms with Crippen LogP contribution in [0.1, 0.15) is 25.8 Å². The molecule has 0 fully saturated rings. The number of nitro benzene ring substituents is 2. The lowest BCUT2D eigenvalue weighted by Gasteiger charge is -2.22. The van der Waals surface area contributed by atoms with Gasteiger partial charge in [-0.3, -0.25) is 20.2 Å². The van der Waals surface area contributed by atoms with Gasteiger partial charge in [-0.15, -0.1) is 0 Å². The summed E-state index contributed by atoms with van der Waals surface area (Å²) in [5, 5.41) is 21.8. The molecule has 1 aromatic rings. The van der Waals surface area contributed by atoms with Crippen LogP contribution in [0.15, 0.2) is 36.4 Å². The highest BCUT2D eigenvalue weighted by molar-refractivity contribution is 5.72. The summed E-state index contributed by atoms with van der Waals surface area (Å²) in [7, 11) is 0. The molecule has 20 heavy (non-hydrogen) atoms. The van der Waals surface area contributed by atoms with Gasteiger partial charge in [0.1, 0.15) is 0 Å². The number of non-ortho nitro benzene ring substituents is 2. The third kappa shape index (κ3) is 2.90. The second-order valence-corrected chi connectivity index (χ2v) is 5.35. The zero-order chi connectivity index (χ0) is 14.9. The van der Waals surface area contributed by atoms with Gasteiger partial charge >= 0.3 is 0 Å². The van der Waals surface area contributed by atoms with Crippen molar-refractivity contribution in [3.8, 4) is 0 Å². The minimum Gasteiger partial charge on any atom is -0.258 e. The molecule has 6 nitrogen and oxygen atoms in total. The fraction of sp³-hybridized carbons (Fsp3) is 0.286. The van der Waals surface area contributed by atoms with Crippen LogP contribution >= 0.6 is 0 Å². The van der Waals surface area contributed by atoms with E-state index in [4.69, 9.17) is 0 Å². The second kappa shape index (κ2) is 4.88. The largest absolute Gasteiger partial charge is 0.276 e. The molecule has 6 heteroatoms. The molecule has 0 heterocycles. The van der Waals surface area contributed by atoms with Gasteiger partial charge in [0, 0.05) is 17.5 Å². The van der Waals surface area contributed by atoms with Gasteiger partial charge < -0.3 is 0 Å². The molecule has 0 saturated heterocycles. The summed E-state index contributed by atoms with van der Waals surface area (Å²) < 4.78 is 0. The van der Waals surface area contributed by atoms with E-state index in [1.807, 2.05) is 32.1 Å². The van der Waals surface area contributed by atoms with Gasteiger partial charge in [0.2, 0.25) is 0 Å². The molecular formula is C14H14N2O4. The average Bonchev–Trinajstić information content (AvgIpc) is 2.36. The maximum Gasteiger partial charge on any atom is 0.276 e. The van der Waals surface area contributed by atoms with Gasteiger partial charge in [0.25, 0.3) is 11.4 Å². The van der Waals surface area contributed by atoms with E-state index in [9.17, 15) is 20.2 Å². The van der Waals surface area contributed by atoms with Crippen LogP contribution in [-0.2, 0) is 0 Å². The van der Waals surface area contributed by atoms with Crippen LogP contribution < -0.4 is 0 Å². The number of nitro groups is 2. The molecule has 0 radical (unpaired) electrons. The molecule has 0 unspecified atom stereocenters. The molecule has 0 N–H and O–H groups in total. The number of nitrogens with zero attached hydrogens (tertiary/aromatic N) is 2. The molecule has 0 spiro atoms. The molecule has 0 amide bonds. The Balaban J connectivity index is 2.54. The summed E-state index contributed by atoms with van der Waals surface area (Å²) in [6.07, 6.45) is 6.61. The quantitative estimate of drug-likeness (QED) is 0.475. The molecule has 0 saturated carbocycles.